The van der Waals surface area contributed by atoms with Crippen LogP contribution in [0.15, 0.2) is 24.3 Å². The van der Waals surface area contributed by atoms with Crippen molar-refractivity contribution in [1.82, 2.24) is 5.32 Å². The molecule has 0 aromatic heterocycles. The van der Waals surface area contributed by atoms with Crippen LogP contribution in [-0.2, 0) is 6.54 Å². The Hall–Kier alpha value is -1.02. The SMILES string of the molecule is CCC(CC)C(C)NCc1ccc(N2CCCCC2)cc1. The molecule has 118 valence electrons. The van der Waals surface area contributed by atoms with E-state index in [1.807, 2.05) is 0 Å². The van der Waals surface area contributed by atoms with Gasteiger partial charge in [0.2, 0.25) is 0 Å². The van der Waals surface area contributed by atoms with E-state index >= 15 is 0 Å². The highest BCUT2D eigenvalue weighted by Gasteiger charge is 2.13. The molecule has 0 radical (unpaired) electrons. The smallest absolute Gasteiger partial charge is 0.0366 e. The first-order chi connectivity index (χ1) is 10.2. The predicted octanol–water partition coefficient (Wildman–Crippen LogP) is 4.59. The molecule has 1 saturated heterocycles. The molecular formula is C19H32N2. The average Bonchev–Trinajstić information content (AvgIpc) is 2.55. The van der Waals surface area contributed by atoms with Gasteiger partial charge in [0.15, 0.2) is 0 Å². The quantitative estimate of drug-likeness (QED) is 0.789. The normalized spacial score (nSPS) is 17.2. The molecule has 0 amide bonds. The molecule has 2 rings (SSSR count). The summed E-state index contributed by atoms with van der Waals surface area (Å²) in [5.74, 6) is 0.789. The van der Waals surface area contributed by atoms with Crippen LogP contribution in [0.5, 0.6) is 0 Å². The first-order valence-corrected chi connectivity index (χ1v) is 8.81. The van der Waals surface area contributed by atoms with Crippen molar-refractivity contribution < 1.29 is 0 Å². The Morgan fingerprint density at radius 3 is 2.19 bits per heavy atom. The molecular weight excluding hydrogens is 256 g/mol. The lowest BCUT2D eigenvalue weighted by molar-refractivity contribution is 0.353. The van der Waals surface area contributed by atoms with Gasteiger partial charge in [-0.1, -0.05) is 38.8 Å². The molecule has 1 unspecified atom stereocenters. The molecule has 21 heavy (non-hydrogen) atoms. The third-order valence-electron chi connectivity index (χ3n) is 5.04. The van der Waals surface area contributed by atoms with Crippen LogP contribution in [0.2, 0.25) is 0 Å². The van der Waals surface area contributed by atoms with Gasteiger partial charge in [-0.15, -0.1) is 0 Å². The summed E-state index contributed by atoms with van der Waals surface area (Å²) in [6, 6.07) is 9.77. The maximum Gasteiger partial charge on any atom is 0.0366 e. The lowest BCUT2D eigenvalue weighted by atomic mass is 9.95. The van der Waals surface area contributed by atoms with Gasteiger partial charge >= 0.3 is 0 Å². The molecule has 1 fully saturated rings. The maximum atomic E-state index is 3.69. The van der Waals surface area contributed by atoms with Crippen LogP contribution in [0.1, 0.15) is 58.4 Å². The summed E-state index contributed by atoms with van der Waals surface area (Å²) >= 11 is 0. The Kier molecular flexibility index (Phi) is 6.56. The van der Waals surface area contributed by atoms with Crippen LogP contribution in [0.25, 0.3) is 0 Å². The summed E-state index contributed by atoms with van der Waals surface area (Å²) in [6.07, 6.45) is 6.61. The molecule has 1 aliphatic heterocycles. The van der Waals surface area contributed by atoms with E-state index in [1.165, 1.54) is 56.4 Å². The summed E-state index contributed by atoms with van der Waals surface area (Å²) < 4.78 is 0. The fourth-order valence-corrected chi connectivity index (χ4v) is 3.42. The highest BCUT2D eigenvalue weighted by atomic mass is 15.1. The van der Waals surface area contributed by atoms with E-state index in [4.69, 9.17) is 0 Å². The molecule has 1 N–H and O–H groups in total. The van der Waals surface area contributed by atoms with Crippen molar-refractivity contribution in [1.29, 1.82) is 0 Å². The number of anilines is 1. The molecule has 0 aliphatic carbocycles. The second-order valence-electron chi connectivity index (χ2n) is 6.46. The summed E-state index contributed by atoms with van der Waals surface area (Å²) in [4.78, 5) is 2.52. The number of hydrogen-bond acceptors (Lipinski definition) is 2. The Bertz CT molecular complexity index is 389. The van der Waals surface area contributed by atoms with Gasteiger partial charge in [-0.3, -0.25) is 0 Å². The molecule has 1 aliphatic rings. The largest absolute Gasteiger partial charge is 0.372 e. The molecule has 1 aromatic rings. The van der Waals surface area contributed by atoms with Crippen LogP contribution in [-0.4, -0.2) is 19.1 Å². The highest BCUT2D eigenvalue weighted by Crippen LogP contribution is 2.20. The second kappa shape index (κ2) is 8.43. The van der Waals surface area contributed by atoms with Gasteiger partial charge < -0.3 is 10.2 Å². The molecule has 2 nitrogen and oxygen atoms in total. The van der Waals surface area contributed by atoms with Gasteiger partial charge in [0.05, 0.1) is 0 Å². The number of nitrogens with zero attached hydrogens (tertiary/aromatic N) is 1. The van der Waals surface area contributed by atoms with Crippen molar-refractivity contribution in [2.75, 3.05) is 18.0 Å². The topological polar surface area (TPSA) is 15.3 Å². The predicted molar refractivity (Wildman–Crippen MR) is 92.9 cm³/mol. The minimum Gasteiger partial charge on any atom is -0.372 e. The van der Waals surface area contributed by atoms with Crippen molar-refractivity contribution in [2.45, 2.75) is 65.5 Å². The van der Waals surface area contributed by atoms with Crippen LogP contribution < -0.4 is 10.2 Å². The van der Waals surface area contributed by atoms with Crippen molar-refractivity contribution in [2.24, 2.45) is 5.92 Å². The zero-order chi connectivity index (χ0) is 15.1. The van der Waals surface area contributed by atoms with Gasteiger partial charge in [-0.25, -0.2) is 0 Å². The van der Waals surface area contributed by atoms with E-state index < -0.39 is 0 Å². The third kappa shape index (κ3) is 4.74. The first-order valence-electron chi connectivity index (χ1n) is 8.81. The number of piperidine rings is 1. The molecule has 2 heteroatoms. The molecule has 1 aromatic carbocycles. The molecule has 0 saturated carbocycles. The summed E-state index contributed by atoms with van der Waals surface area (Å²) in [5.41, 5.74) is 2.79. The summed E-state index contributed by atoms with van der Waals surface area (Å²) in [7, 11) is 0. The fourth-order valence-electron chi connectivity index (χ4n) is 3.42. The lowest BCUT2D eigenvalue weighted by Gasteiger charge is -2.29. The number of nitrogens with one attached hydrogen (secondary N) is 1. The van der Waals surface area contributed by atoms with E-state index in [1.54, 1.807) is 0 Å². The number of rotatable bonds is 7. The Morgan fingerprint density at radius 1 is 1.00 bits per heavy atom. The van der Waals surface area contributed by atoms with E-state index in [0.717, 1.165) is 12.5 Å². The van der Waals surface area contributed by atoms with Gasteiger partial charge in [-0.2, -0.15) is 0 Å². The first kappa shape index (κ1) is 16.4. The minimum atomic E-state index is 0.599. The van der Waals surface area contributed by atoms with Crippen molar-refractivity contribution in [3.8, 4) is 0 Å². The Morgan fingerprint density at radius 2 is 1.62 bits per heavy atom. The third-order valence-corrected chi connectivity index (χ3v) is 5.04. The summed E-state index contributed by atoms with van der Waals surface area (Å²) in [5, 5.41) is 3.69. The summed E-state index contributed by atoms with van der Waals surface area (Å²) in [6.45, 7) is 10.3. The van der Waals surface area contributed by atoms with Crippen molar-refractivity contribution >= 4 is 5.69 Å². The van der Waals surface area contributed by atoms with Crippen LogP contribution in [0, 0.1) is 5.92 Å². The van der Waals surface area contributed by atoms with Crippen LogP contribution in [0.4, 0.5) is 5.69 Å². The second-order valence-corrected chi connectivity index (χ2v) is 6.46. The van der Waals surface area contributed by atoms with E-state index in [2.05, 4.69) is 55.3 Å². The van der Waals surface area contributed by atoms with Gasteiger partial charge in [-0.05, 0) is 49.8 Å². The average molecular weight is 288 g/mol. The zero-order valence-corrected chi connectivity index (χ0v) is 14.1. The monoisotopic (exact) mass is 288 g/mol. The van der Waals surface area contributed by atoms with Crippen LogP contribution >= 0.6 is 0 Å². The van der Waals surface area contributed by atoms with Crippen molar-refractivity contribution in [3.63, 3.8) is 0 Å². The Balaban J connectivity index is 1.84. The van der Waals surface area contributed by atoms with Gasteiger partial charge in [0.1, 0.15) is 0 Å². The van der Waals surface area contributed by atoms with Crippen molar-refractivity contribution in [3.05, 3.63) is 29.8 Å². The van der Waals surface area contributed by atoms with E-state index in [9.17, 15) is 0 Å². The molecule has 1 atom stereocenters. The highest BCUT2D eigenvalue weighted by molar-refractivity contribution is 5.47. The fraction of sp³-hybridized carbons (Fsp3) is 0.684. The lowest BCUT2D eigenvalue weighted by Crippen LogP contribution is -2.32. The molecule has 1 heterocycles. The molecule has 0 bridgehead atoms. The zero-order valence-electron chi connectivity index (χ0n) is 14.1. The molecule has 0 spiro atoms. The van der Waals surface area contributed by atoms with E-state index in [-0.39, 0.29) is 0 Å². The number of benzene rings is 1. The minimum absolute atomic E-state index is 0.599. The standard InChI is InChI=1S/C19H32N2/c1-4-18(5-2)16(3)20-15-17-9-11-19(12-10-17)21-13-7-6-8-14-21/h9-12,16,18,20H,4-8,13-15H2,1-3H3. The maximum absolute atomic E-state index is 3.69. The number of hydrogen-bond donors (Lipinski definition) is 1. The Labute approximate surface area is 130 Å². The van der Waals surface area contributed by atoms with E-state index in [0.29, 0.717) is 6.04 Å². The van der Waals surface area contributed by atoms with Crippen LogP contribution in [0.3, 0.4) is 0 Å². The van der Waals surface area contributed by atoms with Gasteiger partial charge in [0.25, 0.3) is 0 Å². The van der Waals surface area contributed by atoms with Gasteiger partial charge in [0, 0.05) is 31.4 Å².